The van der Waals surface area contributed by atoms with E-state index in [1.165, 1.54) is 12.1 Å². The molecule has 0 saturated heterocycles. The lowest BCUT2D eigenvalue weighted by Crippen LogP contribution is -1.98. The van der Waals surface area contributed by atoms with Crippen LogP contribution in [0.4, 0.5) is 5.69 Å². The molecule has 4 nitrogen and oxygen atoms in total. The lowest BCUT2D eigenvalue weighted by Gasteiger charge is -2.05. The summed E-state index contributed by atoms with van der Waals surface area (Å²) in [7, 11) is 0. The van der Waals surface area contributed by atoms with Gasteiger partial charge in [0.15, 0.2) is 0 Å². The Morgan fingerprint density at radius 3 is 2.38 bits per heavy atom. The Morgan fingerprint density at radius 1 is 1.46 bits per heavy atom. The number of nitro benzene ring substituents is 1. The van der Waals surface area contributed by atoms with Crippen molar-refractivity contribution in [3.8, 4) is 0 Å². The van der Waals surface area contributed by atoms with Crippen molar-refractivity contribution < 1.29 is 10.0 Å². The van der Waals surface area contributed by atoms with Crippen LogP contribution in [0.15, 0.2) is 24.3 Å². The van der Waals surface area contributed by atoms with Crippen LogP contribution in [0.5, 0.6) is 0 Å². The van der Waals surface area contributed by atoms with Crippen molar-refractivity contribution in [2.75, 3.05) is 5.33 Å². The lowest BCUT2D eigenvalue weighted by molar-refractivity contribution is -0.384. The summed E-state index contributed by atoms with van der Waals surface area (Å²) in [5.74, 6) is 0. The minimum Gasteiger partial charge on any atom is -0.388 e. The van der Waals surface area contributed by atoms with Crippen LogP contribution in [-0.4, -0.2) is 15.4 Å². The molecule has 0 unspecified atom stereocenters. The number of hydrogen-bond acceptors (Lipinski definition) is 3. The molecular formula is C8H8BrNO3. The summed E-state index contributed by atoms with van der Waals surface area (Å²) in [6, 6.07) is 5.84. The molecule has 0 aliphatic heterocycles. The van der Waals surface area contributed by atoms with E-state index in [1.807, 2.05) is 0 Å². The number of halogens is 1. The van der Waals surface area contributed by atoms with Crippen molar-refractivity contribution in [3.63, 3.8) is 0 Å². The van der Waals surface area contributed by atoms with Crippen molar-refractivity contribution in [1.29, 1.82) is 0 Å². The first-order valence-electron chi connectivity index (χ1n) is 3.63. The average Bonchev–Trinajstić information content (AvgIpc) is 2.17. The summed E-state index contributed by atoms with van der Waals surface area (Å²) < 4.78 is 0. The molecule has 0 aromatic heterocycles. The first-order chi connectivity index (χ1) is 6.15. The van der Waals surface area contributed by atoms with Gasteiger partial charge in [0.2, 0.25) is 0 Å². The maximum atomic E-state index is 10.3. The number of benzene rings is 1. The number of rotatable bonds is 3. The number of nitro groups is 1. The topological polar surface area (TPSA) is 63.4 Å². The molecule has 0 aliphatic rings. The number of hydrogen-bond donors (Lipinski definition) is 1. The van der Waals surface area contributed by atoms with E-state index in [2.05, 4.69) is 15.9 Å². The fraction of sp³-hybridized carbons (Fsp3) is 0.250. The van der Waals surface area contributed by atoms with Gasteiger partial charge in [-0.1, -0.05) is 15.9 Å². The summed E-state index contributed by atoms with van der Waals surface area (Å²) in [5.41, 5.74) is 0.702. The third kappa shape index (κ3) is 2.50. The zero-order valence-corrected chi connectivity index (χ0v) is 8.27. The highest BCUT2D eigenvalue weighted by molar-refractivity contribution is 9.09. The highest BCUT2D eigenvalue weighted by atomic mass is 79.9. The van der Waals surface area contributed by atoms with Crippen LogP contribution in [-0.2, 0) is 0 Å². The number of aliphatic hydroxyl groups is 1. The first kappa shape index (κ1) is 10.1. The zero-order chi connectivity index (χ0) is 9.84. The molecule has 0 saturated carbocycles. The van der Waals surface area contributed by atoms with Crippen LogP contribution in [0.25, 0.3) is 0 Å². The fourth-order valence-electron chi connectivity index (χ4n) is 0.907. The van der Waals surface area contributed by atoms with Crippen LogP contribution in [0.1, 0.15) is 11.7 Å². The fourth-order valence-corrected chi connectivity index (χ4v) is 1.28. The van der Waals surface area contributed by atoms with Crippen LogP contribution >= 0.6 is 15.9 Å². The predicted molar refractivity (Wildman–Crippen MR) is 51.9 cm³/mol. The molecule has 5 heteroatoms. The number of non-ortho nitro benzene ring substituents is 1. The summed E-state index contributed by atoms with van der Waals surface area (Å²) in [4.78, 5) is 9.82. The minimum atomic E-state index is -0.610. The van der Waals surface area contributed by atoms with Gasteiger partial charge in [-0.15, -0.1) is 0 Å². The second-order valence-corrected chi connectivity index (χ2v) is 3.17. The van der Waals surface area contributed by atoms with Gasteiger partial charge in [0.25, 0.3) is 5.69 Å². The van der Waals surface area contributed by atoms with Crippen LogP contribution in [0, 0.1) is 10.1 Å². The van der Waals surface area contributed by atoms with E-state index in [-0.39, 0.29) is 5.69 Å². The Morgan fingerprint density at radius 2 is 2.00 bits per heavy atom. The Labute approximate surface area is 83.5 Å². The van der Waals surface area contributed by atoms with Gasteiger partial charge in [-0.05, 0) is 17.7 Å². The Hall–Kier alpha value is -0.940. The molecule has 0 radical (unpaired) electrons. The molecule has 70 valence electrons. The summed E-state index contributed by atoms with van der Waals surface area (Å²) in [6.07, 6.45) is -0.610. The largest absolute Gasteiger partial charge is 0.388 e. The van der Waals surface area contributed by atoms with E-state index < -0.39 is 11.0 Å². The predicted octanol–water partition coefficient (Wildman–Crippen LogP) is 2.02. The second-order valence-electron chi connectivity index (χ2n) is 2.52. The van der Waals surface area contributed by atoms with E-state index in [9.17, 15) is 15.2 Å². The van der Waals surface area contributed by atoms with E-state index in [0.29, 0.717) is 10.9 Å². The standard InChI is InChI=1S/C8H8BrNO3/c9-5-8(11)6-1-3-7(4-2-6)10(12)13/h1-4,8,11H,5H2/t8-/m1/s1. The zero-order valence-electron chi connectivity index (χ0n) is 6.68. The number of nitrogens with zero attached hydrogens (tertiary/aromatic N) is 1. The van der Waals surface area contributed by atoms with Crippen LogP contribution < -0.4 is 0 Å². The van der Waals surface area contributed by atoms with E-state index in [4.69, 9.17) is 0 Å². The van der Waals surface area contributed by atoms with Crippen molar-refractivity contribution >= 4 is 21.6 Å². The quantitative estimate of drug-likeness (QED) is 0.504. The molecule has 0 heterocycles. The SMILES string of the molecule is O=[N+]([O-])c1ccc([C@H](O)CBr)cc1. The van der Waals surface area contributed by atoms with Crippen molar-refractivity contribution in [2.45, 2.75) is 6.10 Å². The molecule has 0 aliphatic carbocycles. The molecule has 1 aromatic rings. The second kappa shape index (κ2) is 4.34. The normalized spacial score (nSPS) is 12.5. The van der Waals surface area contributed by atoms with Gasteiger partial charge in [0, 0.05) is 17.5 Å². The third-order valence-corrected chi connectivity index (χ3v) is 2.25. The van der Waals surface area contributed by atoms with Crippen molar-refractivity contribution in [2.24, 2.45) is 0 Å². The van der Waals surface area contributed by atoms with Gasteiger partial charge >= 0.3 is 0 Å². The summed E-state index contributed by atoms with van der Waals surface area (Å²) >= 11 is 3.12. The molecular weight excluding hydrogens is 238 g/mol. The molecule has 1 N–H and O–H groups in total. The van der Waals surface area contributed by atoms with Gasteiger partial charge in [0.1, 0.15) is 0 Å². The third-order valence-electron chi connectivity index (χ3n) is 1.63. The molecule has 0 bridgehead atoms. The minimum absolute atomic E-state index is 0.0329. The molecule has 1 rings (SSSR count). The smallest absolute Gasteiger partial charge is 0.269 e. The van der Waals surface area contributed by atoms with E-state index in [1.54, 1.807) is 12.1 Å². The highest BCUT2D eigenvalue weighted by Gasteiger charge is 2.08. The molecule has 0 fully saturated rings. The summed E-state index contributed by atoms with van der Waals surface area (Å²) in [6.45, 7) is 0. The van der Waals surface area contributed by atoms with Crippen LogP contribution in [0.2, 0.25) is 0 Å². The average molecular weight is 246 g/mol. The van der Waals surface area contributed by atoms with Crippen molar-refractivity contribution in [3.05, 3.63) is 39.9 Å². The maximum Gasteiger partial charge on any atom is 0.269 e. The Bertz CT molecular complexity index is 299. The lowest BCUT2D eigenvalue weighted by atomic mass is 10.1. The Kier molecular flexibility index (Phi) is 3.39. The van der Waals surface area contributed by atoms with Crippen LogP contribution in [0.3, 0.4) is 0 Å². The molecule has 1 atom stereocenters. The van der Waals surface area contributed by atoms with E-state index in [0.717, 1.165) is 0 Å². The highest BCUT2D eigenvalue weighted by Crippen LogP contribution is 2.18. The van der Waals surface area contributed by atoms with Crippen molar-refractivity contribution in [1.82, 2.24) is 0 Å². The van der Waals surface area contributed by atoms with Gasteiger partial charge in [0.05, 0.1) is 11.0 Å². The van der Waals surface area contributed by atoms with Gasteiger partial charge in [-0.3, -0.25) is 10.1 Å². The first-order valence-corrected chi connectivity index (χ1v) is 4.75. The maximum absolute atomic E-state index is 10.3. The van der Waals surface area contributed by atoms with Gasteiger partial charge in [-0.2, -0.15) is 0 Å². The monoisotopic (exact) mass is 245 g/mol. The van der Waals surface area contributed by atoms with Gasteiger partial charge in [-0.25, -0.2) is 0 Å². The van der Waals surface area contributed by atoms with E-state index >= 15 is 0 Å². The number of aliphatic hydroxyl groups excluding tert-OH is 1. The Balaban J connectivity index is 2.87. The molecule has 0 spiro atoms. The number of alkyl halides is 1. The molecule has 13 heavy (non-hydrogen) atoms. The summed E-state index contributed by atoms with van der Waals surface area (Å²) in [5, 5.41) is 20.0. The molecule has 1 aromatic carbocycles. The molecule has 0 amide bonds. The van der Waals surface area contributed by atoms with Gasteiger partial charge < -0.3 is 5.11 Å².